The Kier molecular flexibility index (Phi) is 3.56. The summed E-state index contributed by atoms with van der Waals surface area (Å²) in [5.41, 5.74) is 0.228. The molecular weight excluding hydrogens is 270 g/mol. The molecule has 1 rings (SSSR count). The van der Waals surface area contributed by atoms with Crippen molar-refractivity contribution in [1.82, 2.24) is 0 Å². The van der Waals surface area contributed by atoms with Gasteiger partial charge in [0.2, 0.25) is 0 Å². The van der Waals surface area contributed by atoms with Crippen LogP contribution in [0.3, 0.4) is 0 Å². The summed E-state index contributed by atoms with van der Waals surface area (Å²) in [4.78, 5) is 0. The topological polar surface area (TPSA) is 20.2 Å². The molecule has 0 fully saturated rings. The molecule has 0 heterocycles. The molecular formula is C10H11BrClFO. The maximum atomic E-state index is 13.4. The summed E-state index contributed by atoms with van der Waals surface area (Å²) in [5, 5.41) is 9.23. The Morgan fingerprint density at radius 2 is 2.07 bits per heavy atom. The van der Waals surface area contributed by atoms with Gasteiger partial charge in [0, 0.05) is 5.41 Å². The van der Waals surface area contributed by atoms with E-state index in [0.717, 1.165) is 0 Å². The third-order valence-electron chi connectivity index (χ3n) is 2.16. The highest BCUT2D eigenvalue weighted by Gasteiger charge is 2.24. The summed E-state index contributed by atoms with van der Waals surface area (Å²) in [6.07, 6.45) is 0. The molecule has 0 amide bonds. The minimum Gasteiger partial charge on any atom is -0.395 e. The molecule has 4 heteroatoms. The lowest BCUT2D eigenvalue weighted by molar-refractivity contribution is 0.217. The fraction of sp³-hybridized carbons (Fsp3) is 0.400. The van der Waals surface area contributed by atoms with Gasteiger partial charge in [0.1, 0.15) is 0 Å². The molecule has 0 aliphatic carbocycles. The average molecular weight is 282 g/mol. The third-order valence-corrected chi connectivity index (χ3v) is 3.23. The summed E-state index contributed by atoms with van der Waals surface area (Å²) in [7, 11) is 0. The number of rotatable bonds is 2. The average Bonchev–Trinajstić information content (AvgIpc) is 2.14. The second-order valence-electron chi connectivity index (χ2n) is 3.76. The maximum Gasteiger partial charge on any atom is 0.156 e. The van der Waals surface area contributed by atoms with Gasteiger partial charge in [-0.3, -0.25) is 0 Å². The SMILES string of the molecule is CC(C)(CO)c1ccc(Cl)c(F)c1Br. The van der Waals surface area contributed by atoms with Gasteiger partial charge in [0.05, 0.1) is 16.1 Å². The van der Waals surface area contributed by atoms with Gasteiger partial charge in [-0.15, -0.1) is 0 Å². The van der Waals surface area contributed by atoms with Crippen LogP contribution in [0.1, 0.15) is 19.4 Å². The number of aliphatic hydroxyl groups is 1. The Morgan fingerprint density at radius 1 is 1.50 bits per heavy atom. The van der Waals surface area contributed by atoms with Crippen molar-refractivity contribution in [3.63, 3.8) is 0 Å². The number of aliphatic hydroxyl groups excluding tert-OH is 1. The number of benzene rings is 1. The van der Waals surface area contributed by atoms with Gasteiger partial charge in [-0.25, -0.2) is 4.39 Å². The summed E-state index contributed by atoms with van der Waals surface area (Å²) >= 11 is 8.75. The first-order valence-corrected chi connectivity index (χ1v) is 5.32. The van der Waals surface area contributed by atoms with Crippen molar-refractivity contribution in [3.05, 3.63) is 33.0 Å². The van der Waals surface area contributed by atoms with E-state index in [1.165, 1.54) is 6.07 Å². The van der Waals surface area contributed by atoms with E-state index in [4.69, 9.17) is 16.7 Å². The molecule has 1 N–H and O–H groups in total. The number of hydrogen-bond donors (Lipinski definition) is 1. The van der Waals surface area contributed by atoms with Crippen LogP contribution in [0.4, 0.5) is 4.39 Å². The van der Waals surface area contributed by atoms with Gasteiger partial charge in [-0.1, -0.05) is 31.5 Å². The lowest BCUT2D eigenvalue weighted by atomic mass is 9.86. The van der Waals surface area contributed by atoms with Crippen molar-refractivity contribution in [1.29, 1.82) is 0 Å². The van der Waals surface area contributed by atoms with Crippen molar-refractivity contribution >= 4 is 27.5 Å². The normalized spacial score (nSPS) is 11.9. The summed E-state index contributed by atoms with van der Waals surface area (Å²) < 4.78 is 13.7. The fourth-order valence-electron chi connectivity index (χ4n) is 1.13. The molecule has 0 aliphatic heterocycles. The highest BCUT2D eigenvalue weighted by atomic mass is 79.9. The molecule has 1 aromatic carbocycles. The van der Waals surface area contributed by atoms with Gasteiger partial charge in [-0.2, -0.15) is 0 Å². The standard InChI is InChI=1S/C10H11BrClFO/c1-10(2,5-14)6-3-4-7(12)9(13)8(6)11/h3-4,14H,5H2,1-2H3. The van der Waals surface area contributed by atoms with E-state index in [-0.39, 0.29) is 11.6 Å². The summed E-state index contributed by atoms with van der Waals surface area (Å²) in [6, 6.07) is 3.21. The van der Waals surface area contributed by atoms with E-state index in [1.54, 1.807) is 6.07 Å². The van der Waals surface area contributed by atoms with Gasteiger partial charge >= 0.3 is 0 Å². The van der Waals surface area contributed by atoms with Crippen molar-refractivity contribution in [3.8, 4) is 0 Å². The Labute approximate surface area is 96.0 Å². The second-order valence-corrected chi connectivity index (χ2v) is 4.97. The van der Waals surface area contributed by atoms with Gasteiger partial charge < -0.3 is 5.11 Å². The largest absolute Gasteiger partial charge is 0.395 e. The van der Waals surface area contributed by atoms with E-state index in [2.05, 4.69) is 15.9 Å². The number of halogens is 3. The first-order chi connectivity index (χ1) is 6.40. The highest BCUT2D eigenvalue weighted by molar-refractivity contribution is 9.10. The van der Waals surface area contributed by atoms with Gasteiger partial charge in [0.25, 0.3) is 0 Å². The van der Waals surface area contributed by atoms with E-state index < -0.39 is 11.2 Å². The van der Waals surface area contributed by atoms with Gasteiger partial charge in [0.15, 0.2) is 5.82 Å². The molecule has 0 saturated heterocycles. The molecule has 78 valence electrons. The van der Waals surface area contributed by atoms with Crippen LogP contribution in [0, 0.1) is 5.82 Å². The maximum absolute atomic E-state index is 13.4. The zero-order chi connectivity index (χ0) is 10.9. The Bertz CT molecular complexity index is 352. The first kappa shape index (κ1) is 12.0. The van der Waals surface area contributed by atoms with Crippen LogP contribution in [0.15, 0.2) is 16.6 Å². The lowest BCUT2D eigenvalue weighted by Crippen LogP contribution is -2.23. The third kappa shape index (κ3) is 2.10. The van der Waals surface area contributed by atoms with Crippen molar-refractivity contribution < 1.29 is 9.50 Å². The zero-order valence-corrected chi connectivity index (χ0v) is 10.3. The highest BCUT2D eigenvalue weighted by Crippen LogP contribution is 2.34. The van der Waals surface area contributed by atoms with Crippen molar-refractivity contribution in [2.45, 2.75) is 19.3 Å². The van der Waals surface area contributed by atoms with Crippen LogP contribution in [0.25, 0.3) is 0 Å². The van der Waals surface area contributed by atoms with Crippen LogP contribution in [-0.4, -0.2) is 11.7 Å². The molecule has 0 unspecified atom stereocenters. The predicted octanol–water partition coefficient (Wildman–Crippen LogP) is 3.51. The minimum absolute atomic E-state index is 0.0489. The van der Waals surface area contributed by atoms with Crippen molar-refractivity contribution in [2.24, 2.45) is 0 Å². The molecule has 0 bridgehead atoms. The van der Waals surface area contributed by atoms with Gasteiger partial charge in [-0.05, 0) is 27.6 Å². The minimum atomic E-state index is -0.482. The molecule has 0 aromatic heterocycles. The molecule has 0 saturated carbocycles. The van der Waals surface area contributed by atoms with Crippen LogP contribution < -0.4 is 0 Å². The van der Waals surface area contributed by atoms with E-state index in [0.29, 0.717) is 10.0 Å². The predicted molar refractivity (Wildman–Crippen MR) is 59.2 cm³/mol. The summed E-state index contributed by atoms with van der Waals surface area (Å²) in [6.45, 7) is 3.62. The van der Waals surface area contributed by atoms with E-state index in [1.807, 2.05) is 13.8 Å². The smallest absolute Gasteiger partial charge is 0.156 e. The molecule has 0 aliphatic rings. The molecule has 1 nitrogen and oxygen atoms in total. The zero-order valence-electron chi connectivity index (χ0n) is 7.94. The molecule has 1 aromatic rings. The van der Waals surface area contributed by atoms with E-state index >= 15 is 0 Å². The second kappa shape index (κ2) is 4.17. The molecule has 0 atom stereocenters. The molecule has 14 heavy (non-hydrogen) atoms. The Balaban J connectivity index is 3.31. The molecule has 0 spiro atoms. The van der Waals surface area contributed by atoms with Crippen LogP contribution in [0.2, 0.25) is 5.02 Å². The van der Waals surface area contributed by atoms with E-state index in [9.17, 15) is 4.39 Å². The van der Waals surface area contributed by atoms with Crippen molar-refractivity contribution in [2.75, 3.05) is 6.61 Å². The van der Waals surface area contributed by atoms with Crippen LogP contribution >= 0.6 is 27.5 Å². The molecule has 0 radical (unpaired) electrons. The first-order valence-electron chi connectivity index (χ1n) is 4.15. The summed E-state index contributed by atoms with van der Waals surface area (Å²) in [5.74, 6) is -0.481. The fourth-order valence-corrected chi connectivity index (χ4v) is 2.29. The quantitative estimate of drug-likeness (QED) is 0.823. The Morgan fingerprint density at radius 3 is 2.57 bits per heavy atom. The van der Waals surface area contributed by atoms with Crippen LogP contribution in [0.5, 0.6) is 0 Å². The number of hydrogen-bond acceptors (Lipinski definition) is 1. The van der Waals surface area contributed by atoms with Crippen LogP contribution in [-0.2, 0) is 5.41 Å². The monoisotopic (exact) mass is 280 g/mol. The lowest BCUT2D eigenvalue weighted by Gasteiger charge is -2.24. The Hall–Kier alpha value is -0.120.